The third-order valence-corrected chi connectivity index (χ3v) is 6.54. The summed E-state index contributed by atoms with van der Waals surface area (Å²) in [6.45, 7) is 2.57. The zero-order chi connectivity index (χ0) is 17.7. The summed E-state index contributed by atoms with van der Waals surface area (Å²) in [6.07, 6.45) is 0. The summed E-state index contributed by atoms with van der Waals surface area (Å²) in [5, 5.41) is 2.77. The van der Waals surface area contributed by atoms with E-state index in [1.165, 1.54) is 60.6 Å². The van der Waals surface area contributed by atoms with Crippen molar-refractivity contribution in [2.75, 3.05) is 0 Å². The summed E-state index contributed by atoms with van der Waals surface area (Å²) < 4.78 is 2.51. The first kappa shape index (κ1) is 13.9. The Labute approximate surface area is 158 Å². The van der Waals surface area contributed by atoms with Crippen molar-refractivity contribution in [1.29, 1.82) is 0 Å². The lowest BCUT2D eigenvalue weighted by molar-refractivity contribution is 1.19. The fourth-order valence-electron chi connectivity index (χ4n) is 5.55. The van der Waals surface area contributed by atoms with Gasteiger partial charge in [0.1, 0.15) is 0 Å². The van der Waals surface area contributed by atoms with Crippen LogP contribution in [-0.4, -0.2) is 11.3 Å². The molecule has 124 valence electrons. The lowest BCUT2D eigenvalue weighted by atomic mass is 9.37. The van der Waals surface area contributed by atoms with E-state index >= 15 is 0 Å². The van der Waals surface area contributed by atoms with Crippen LogP contribution in [0.5, 0.6) is 0 Å². The van der Waals surface area contributed by atoms with E-state index in [9.17, 15) is 0 Å². The maximum atomic E-state index is 2.51. The molecule has 4 aromatic carbocycles. The van der Waals surface area contributed by atoms with Crippen LogP contribution in [0, 0.1) is 6.92 Å². The zero-order valence-corrected chi connectivity index (χ0v) is 15.0. The molecule has 0 atom stereocenters. The standard InChI is InChI=1S/C25H16BN/c1-15-7-6-12-22-23(15)18-14-13-17-16-8-2-3-9-19(16)26-20-10-4-5-11-21(20)27(22)25(18)24(17)26/h2-14H,1H3. The Hall–Kier alpha value is -3.26. The SMILES string of the molecule is Cc1cccc2c1c1ccc3c4c1n2-c1ccccc1B4c1ccccc1-3. The first-order chi connectivity index (χ1) is 13.3. The maximum absolute atomic E-state index is 2.51. The lowest BCUT2D eigenvalue weighted by Crippen LogP contribution is -2.53. The van der Waals surface area contributed by atoms with Crippen LogP contribution in [0.4, 0.5) is 0 Å². The second kappa shape index (κ2) is 4.53. The van der Waals surface area contributed by atoms with Crippen molar-refractivity contribution in [2.45, 2.75) is 6.92 Å². The Kier molecular flexibility index (Phi) is 2.33. The van der Waals surface area contributed by atoms with Crippen molar-refractivity contribution in [3.63, 3.8) is 0 Å². The van der Waals surface area contributed by atoms with Crippen LogP contribution in [0.15, 0.2) is 78.9 Å². The molecule has 0 saturated heterocycles. The molecule has 0 fully saturated rings. The van der Waals surface area contributed by atoms with Crippen LogP contribution in [0.3, 0.4) is 0 Å². The van der Waals surface area contributed by atoms with Gasteiger partial charge in [0.2, 0.25) is 6.71 Å². The summed E-state index contributed by atoms with van der Waals surface area (Å²) in [6, 6.07) is 29.3. The Morgan fingerprint density at radius 3 is 2.44 bits per heavy atom. The molecular weight excluding hydrogens is 325 g/mol. The fraction of sp³-hybridized carbons (Fsp3) is 0.0400. The van der Waals surface area contributed by atoms with Gasteiger partial charge < -0.3 is 4.57 Å². The number of aromatic nitrogens is 1. The quantitative estimate of drug-likeness (QED) is 0.369. The molecule has 5 aromatic rings. The van der Waals surface area contributed by atoms with E-state index in [1.807, 2.05) is 0 Å². The molecule has 0 spiro atoms. The van der Waals surface area contributed by atoms with E-state index in [1.54, 1.807) is 0 Å². The average molecular weight is 341 g/mol. The predicted octanol–water partition coefficient (Wildman–Crippen LogP) is 3.90. The van der Waals surface area contributed by atoms with Crippen LogP contribution < -0.4 is 16.4 Å². The first-order valence-corrected chi connectivity index (χ1v) is 9.60. The van der Waals surface area contributed by atoms with Crippen LogP contribution in [0.2, 0.25) is 0 Å². The molecular formula is C25H16BN. The molecule has 1 aromatic heterocycles. The summed E-state index contributed by atoms with van der Waals surface area (Å²) in [5.74, 6) is 0. The average Bonchev–Trinajstić information content (AvgIpc) is 3.22. The highest BCUT2D eigenvalue weighted by Gasteiger charge is 2.40. The first-order valence-electron chi connectivity index (χ1n) is 9.60. The molecule has 7 rings (SSSR count). The van der Waals surface area contributed by atoms with Gasteiger partial charge in [-0.2, -0.15) is 0 Å². The minimum atomic E-state index is 0.341. The lowest BCUT2D eigenvalue weighted by Gasteiger charge is -2.24. The number of aryl methyl sites for hydroxylation is 1. The van der Waals surface area contributed by atoms with E-state index in [0.717, 1.165) is 0 Å². The zero-order valence-electron chi connectivity index (χ0n) is 15.0. The van der Waals surface area contributed by atoms with Crippen molar-refractivity contribution < 1.29 is 0 Å². The van der Waals surface area contributed by atoms with E-state index in [-0.39, 0.29) is 0 Å². The van der Waals surface area contributed by atoms with Gasteiger partial charge in [0.15, 0.2) is 0 Å². The highest BCUT2D eigenvalue weighted by molar-refractivity contribution is 7.01. The fourth-order valence-corrected chi connectivity index (χ4v) is 5.55. The predicted molar refractivity (Wildman–Crippen MR) is 116 cm³/mol. The van der Waals surface area contributed by atoms with Gasteiger partial charge in [0, 0.05) is 22.0 Å². The molecule has 2 heteroatoms. The number of hydrogen-bond donors (Lipinski definition) is 0. The Balaban J connectivity index is 1.82. The number of nitrogens with zero attached hydrogens (tertiary/aromatic N) is 1. The molecule has 0 radical (unpaired) electrons. The molecule has 0 unspecified atom stereocenters. The summed E-state index contributed by atoms with van der Waals surface area (Å²) >= 11 is 0. The molecule has 0 amide bonds. The van der Waals surface area contributed by atoms with E-state index < -0.39 is 0 Å². The molecule has 0 N–H and O–H groups in total. The highest BCUT2D eigenvalue weighted by Crippen LogP contribution is 2.38. The van der Waals surface area contributed by atoms with Crippen LogP contribution in [0.25, 0.3) is 38.6 Å². The molecule has 0 saturated carbocycles. The van der Waals surface area contributed by atoms with Crippen LogP contribution in [-0.2, 0) is 0 Å². The van der Waals surface area contributed by atoms with Gasteiger partial charge in [-0.25, -0.2) is 0 Å². The third kappa shape index (κ3) is 1.46. The molecule has 2 aliphatic heterocycles. The smallest absolute Gasteiger partial charge is 0.248 e. The highest BCUT2D eigenvalue weighted by atomic mass is 15.0. The van der Waals surface area contributed by atoms with Gasteiger partial charge >= 0.3 is 0 Å². The topological polar surface area (TPSA) is 4.93 Å². The molecule has 1 nitrogen and oxygen atoms in total. The number of para-hydroxylation sites is 1. The molecule has 3 heterocycles. The number of hydrogen-bond acceptors (Lipinski definition) is 0. The van der Waals surface area contributed by atoms with Gasteiger partial charge in [-0.1, -0.05) is 72.2 Å². The normalized spacial score (nSPS) is 13.3. The summed E-state index contributed by atoms with van der Waals surface area (Å²) in [5.41, 5.74) is 12.5. The second-order valence-electron chi connectivity index (χ2n) is 7.81. The maximum Gasteiger partial charge on any atom is 0.248 e. The van der Waals surface area contributed by atoms with E-state index in [4.69, 9.17) is 0 Å². The van der Waals surface area contributed by atoms with Crippen LogP contribution in [0.1, 0.15) is 5.56 Å². The van der Waals surface area contributed by atoms with Gasteiger partial charge in [-0.05, 0) is 46.7 Å². The number of rotatable bonds is 0. The minimum absolute atomic E-state index is 0.341. The van der Waals surface area contributed by atoms with Gasteiger partial charge in [0.05, 0.1) is 5.52 Å². The second-order valence-corrected chi connectivity index (χ2v) is 7.81. The van der Waals surface area contributed by atoms with Gasteiger partial charge in [-0.15, -0.1) is 0 Å². The minimum Gasteiger partial charge on any atom is -0.310 e. The summed E-state index contributed by atoms with van der Waals surface area (Å²) in [7, 11) is 0. The van der Waals surface area contributed by atoms with Gasteiger partial charge in [-0.3, -0.25) is 0 Å². The Morgan fingerprint density at radius 1 is 0.704 bits per heavy atom. The molecule has 2 aliphatic rings. The van der Waals surface area contributed by atoms with Crippen molar-refractivity contribution in [3.05, 3.63) is 84.4 Å². The van der Waals surface area contributed by atoms with Crippen molar-refractivity contribution >= 4 is 44.9 Å². The molecule has 0 bridgehead atoms. The monoisotopic (exact) mass is 341 g/mol. The summed E-state index contributed by atoms with van der Waals surface area (Å²) in [4.78, 5) is 0. The Bertz CT molecular complexity index is 1440. The van der Waals surface area contributed by atoms with Crippen molar-refractivity contribution in [1.82, 2.24) is 4.57 Å². The van der Waals surface area contributed by atoms with Crippen molar-refractivity contribution in [3.8, 4) is 16.8 Å². The number of fused-ring (bicyclic) bond motifs is 9. The van der Waals surface area contributed by atoms with Crippen LogP contribution >= 0.6 is 0 Å². The largest absolute Gasteiger partial charge is 0.310 e. The van der Waals surface area contributed by atoms with E-state index in [2.05, 4.69) is 90.4 Å². The third-order valence-electron chi connectivity index (χ3n) is 6.54. The molecule has 27 heavy (non-hydrogen) atoms. The Morgan fingerprint density at radius 2 is 1.52 bits per heavy atom. The molecule has 0 aliphatic carbocycles. The number of benzene rings is 4. The van der Waals surface area contributed by atoms with E-state index in [0.29, 0.717) is 6.71 Å². The van der Waals surface area contributed by atoms with Crippen molar-refractivity contribution in [2.24, 2.45) is 0 Å². The van der Waals surface area contributed by atoms with Gasteiger partial charge in [0.25, 0.3) is 0 Å².